The lowest BCUT2D eigenvalue weighted by Crippen LogP contribution is -2.35. The largest absolute Gasteiger partial charge is 0.351 e. The van der Waals surface area contributed by atoms with Crippen molar-refractivity contribution < 1.29 is 4.79 Å². The van der Waals surface area contributed by atoms with Crippen molar-refractivity contribution in [2.24, 2.45) is 5.73 Å². The van der Waals surface area contributed by atoms with Crippen molar-refractivity contribution in [1.29, 1.82) is 5.26 Å². The second kappa shape index (κ2) is 5.69. The minimum Gasteiger partial charge on any atom is -0.351 e. The summed E-state index contributed by atoms with van der Waals surface area (Å²) in [7, 11) is 0. The number of nitriles is 1. The number of rotatable bonds is 1. The topological polar surface area (TPSA) is 83.0 Å². The van der Waals surface area contributed by atoms with E-state index in [0.29, 0.717) is 31.8 Å². The van der Waals surface area contributed by atoms with Crippen molar-refractivity contribution in [2.45, 2.75) is 10.3 Å². The molecule has 3 rings (SSSR count). The highest BCUT2D eigenvalue weighted by molar-refractivity contribution is 8.00. The number of anilines is 1. The maximum absolute atomic E-state index is 11.9. The van der Waals surface area contributed by atoms with E-state index in [-0.39, 0.29) is 0 Å². The van der Waals surface area contributed by atoms with Gasteiger partial charge in [0, 0.05) is 21.8 Å². The number of pyridine rings is 1. The van der Waals surface area contributed by atoms with Crippen molar-refractivity contribution in [3.63, 3.8) is 0 Å². The Kier molecular flexibility index (Phi) is 3.87. The number of benzene rings is 1. The number of aromatic nitrogens is 1. The summed E-state index contributed by atoms with van der Waals surface area (Å²) in [6.45, 7) is 0. The Hall–Kier alpha value is -1.94. The van der Waals surface area contributed by atoms with E-state index in [1.54, 1.807) is 6.07 Å². The third-order valence-corrected chi connectivity index (χ3v) is 4.95. The number of nitrogens with two attached hydrogens (primary N) is 1. The zero-order valence-corrected chi connectivity index (χ0v) is 13.2. The van der Waals surface area contributed by atoms with Crippen LogP contribution in [0.15, 0.2) is 29.3 Å². The molecule has 5 nitrogen and oxygen atoms in total. The standard InChI is InChI=1S/C14H7Cl2N4OS/c15-8-3-7(5-17)4-9(16)12(8)13-20(14(18)21)10-1-2-19-6-11(10)22-13/h1-4,13H,(H2,18,21). The lowest BCUT2D eigenvalue weighted by atomic mass is 10.1. The van der Waals surface area contributed by atoms with Gasteiger partial charge in [-0.3, -0.25) is 9.88 Å². The third kappa shape index (κ3) is 2.37. The summed E-state index contributed by atoms with van der Waals surface area (Å²) in [5.74, 6) is 0. The predicted octanol–water partition coefficient (Wildman–Crippen LogP) is 3.75. The van der Waals surface area contributed by atoms with Gasteiger partial charge in [0.2, 0.25) is 0 Å². The minimum atomic E-state index is -0.632. The first-order valence-electron chi connectivity index (χ1n) is 6.04. The Bertz CT molecular complexity index is 798. The van der Waals surface area contributed by atoms with Crippen molar-refractivity contribution >= 4 is 46.7 Å². The third-order valence-electron chi connectivity index (χ3n) is 3.12. The summed E-state index contributed by atoms with van der Waals surface area (Å²) < 4.78 is 0. The number of hydrogen-bond donors (Lipinski definition) is 1. The molecule has 8 heteroatoms. The number of halogens is 2. The summed E-state index contributed by atoms with van der Waals surface area (Å²) in [6, 6.07) is 6.04. The zero-order valence-electron chi connectivity index (χ0n) is 10.9. The lowest BCUT2D eigenvalue weighted by Gasteiger charge is -2.24. The molecule has 1 unspecified atom stereocenters. The van der Waals surface area contributed by atoms with Crippen LogP contribution in [0.2, 0.25) is 10.0 Å². The van der Waals surface area contributed by atoms with Gasteiger partial charge in [0.05, 0.1) is 22.2 Å². The number of nitrogens with zero attached hydrogens (tertiary/aromatic N) is 3. The zero-order chi connectivity index (χ0) is 15.9. The molecule has 2 amide bonds. The van der Waals surface area contributed by atoms with Crippen molar-refractivity contribution in [1.82, 2.24) is 4.98 Å². The fourth-order valence-corrected chi connectivity index (χ4v) is 4.34. The molecule has 2 N–H and O–H groups in total. The Balaban J connectivity index is 2.14. The molecule has 0 saturated carbocycles. The molecule has 0 spiro atoms. The Labute approximate surface area is 140 Å². The Morgan fingerprint density at radius 3 is 2.73 bits per heavy atom. The minimum absolute atomic E-state index is 0.300. The normalized spacial score (nSPS) is 16.2. The van der Waals surface area contributed by atoms with E-state index in [1.807, 2.05) is 6.07 Å². The maximum Gasteiger partial charge on any atom is 0.320 e. The van der Waals surface area contributed by atoms with Gasteiger partial charge < -0.3 is 5.73 Å². The number of amides is 2. The van der Waals surface area contributed by atoms with E-state index in [4.69, 9.17) is 34.2 Å². The number of carbonyl (C=O) groups is 1. The molecule has 1 aromatic heterocycles. The molecule has 1 radical (unpaired) electrons. The highest BCUT2D eigenvalue weighted by atomic mass is 35.5. The summed E-state index contributed by atoms with van der Waals surface area (Å²) >= 11 is 13.8. The van der Waals surface area contributed by atoms with Gasteiger partial charge in [0.1, 0.15) is 11.6 Å². The van der Waals surface area contributed by atoms with Crippen molar-refractivity contribution in [3.8, 4) is 6.07 Å². The van der Waals surface area contributed by atoms with Gasteiger partial charge in [-0.25, -0.2) is 4.79 Å². The van der Waals surface area contributed by atoms with E-state index < -0.39 is 11.4 Å². The van der Waals surface area contributed by atoms with E-state index in [0.717, 1.165) is 0 Å². The van der Waals surface area contributed by atoms with E-state index in [9.17, 15) is 4.79 Å². The van der Waals surface area contributed by atoms with E-state index >= 15 is 0 Å². The molecule has 0 saturated heterocycles. The second-order valence-electron chi connectivity index (χ2n) is 4.41. The molecular formula is C14H7Cl2N4OS. The van der Waals surface area contributed by atoms with Crippen molar-refractivity contribution in [3.05, 3.63) is 51.8 Å². The lowest BCUT2D eigenvalue weighted by molar-refractivity contribution is 0.253. The average molecular weight is 350 g/mol. The first-order chi connectivity index (χ1) is 10.5. The molecule has 1 aromatic carbocycles. The van der Waals surface area contributed by atoms with Gasteiger partial charge in [0.25, 0.3) is 0 Å². The predicted molar refractivity (Wildman–Crippen MR) is 84.9 cm³/mol. The van der Waals surface area contributed by atoms with Crippen LogP contribution in [0.1, 0.15) is 16.5 Å². The van der Waals surface area contributed by atoms with E-state index in [2.05, 4.69) is 11.2 Å². The number of hydrogen-bond acceptors (Lipinski definition) is 4. The number of fused-ring (bicyclic) bond motifs is 1. The van der Waals surface area contributed by atoms with Crippen LogP contribution >= 0.6 is 35.0 Å². The highest BCUT2D eigenvalue weighted by Crippen LogP contribution is 2.53. The maximum atomic E-state index is 11.9. The van der Waals surface area contributed by atoms with Crippen LogP contribution in [0.5, 0.6) is 0 Å². The molecule has 1 aliphatic rings. The SMILES string of the molecule is N#Cc1cc(Cl)c(C2Sc3[c]nccc3N2C(N)=O)c(Cl)c1. The van der Waals surface area contributed by atoms with E-state index in [1.165, 1.54) is 35.0 Å². The van der Waals surface area contributed by atoms with Gasteiger partial charge in [-0.2, -0.15) is 5.26 Å². The monoisotopic (exact) mass is 349 g/mol. The highest BCUT2D eigenvalue weighted by Gasteiger charge is 2.37. The van der Waals surface area contributed by atoms with Gasteiger partial charge >= 0.3 is 6.03 Å². The first kappa shape index (κ1) is 15.0. The van der Waals surface area contributed by atoms with Crippen LogP contribution in [-0.2, 0) is 0 Å². The molecule has 1 aliphatic heterocycles. The van der Waals surface area contributed by atoms with Crippen LogP contribution < -0.4 is 10.6 Å². The average Bonchev–Trinajstić information content (AvgIpc) is 2.85. The number of thioether (sulfide) groups is 1. The van der Waals surface area contributed by atoms with Crippen molar-refractivity contribution in [2.75, 3.05) is 4.90 Å². The summed E-state index contributed by atoms with van der Waals surface area (Å²) in [4.78, 5) is 17.8. The number of carbonyl (C=O) groups excluding carboxylic acids is 1. The molecule has 0 aliphatic carbocycles. The molecule has 0 bridgehead atoms. The van der Waals surface area contributed by atoms with Crippen LogP contribution in [-0.4, -0.2) is 11.0 Å². The van der Waals surface area contributed by atoms with Crippen LogP contribution in [0.25, 0.3) is 0 Å². The quantitative estimate of drug-likeness (QED) is 0.849. The molecule has 22 heavy (non-hydrogen) atoms. The molecule has 109 valence electrons. The van der Waals surface area contributed by atoms with Crippen LogP contribution in [0.3, 0.4) is 0 Å². The molecular weight excluding hydrogens is 343 g/mol. The Morgan fingerprint density at radius 1 is 1.45 bits per heavy atom. The fraction of sp³-hybridized carbons (Fsp3) is 0.0714. The Morgan fingerprint density at radius 2 is 2.14 bits per heavy atom. The van der Waals surface area contributed by atoms with Gasteiger partial charge in [-0.15, -0.1) is 0 Å². The smallest absolute Gasteiger partial charge is 0.320 e. The van der Waals surface area contributed by atoms with Crippen LogP contribution in [0, 0.1) is 17.5 Å². The molecule has 2 heterocycles. The summed E-state index contributed by atoms with van der Waals surface area (Å²) in [5, 5.41) is 9.03. The summed E-state index contributed by atoms with van der Waals surface area (Å²) in [6.07, 6.45) is 4.35. The molecule has 1 atom stereocenters. The van der Waals surface area contributed by atoms with Gasteiger partial charge in [-0.1, -0.05) is 35.0 Å². The second-order valence-corrected chi connectivity index (χ2v) is 6.32. The van der Waals surface area contributed by atoms with Gasteiger partial charge in [-0.05, 0) is 18.2 Å². The molecule has 0 fully saturated rings. The van der Waals surface area contributed by atoms with Crippen LogP contribution in [0.4, 0.5) is 10.5 Å². The fourth-order valence-electron chi connectivity index (χ4n) is 2.21. The first-order valence-corrected chi connectivity index (χ1v) is 7.67. The molecule has 2 aromatic rings. The number of primary amides is 1. The summed E-state index contributed by atoms with van der Waals surface area (Å²) in [5.41, 5.74) is 6.97. The number of urea groups is 1. The van der Waals surface area contributed by atoms with Gasteiger partial charge in [0.15, 0.2) is 0 Å².